The summed E-state index contributed by atoms with van der Waals surface area (Å²) >= 11 is 0. The van der Waals surface area contributed by atoms with Crippen molar-refractivity contribution in [2.75, 3.05) is 18.5 Å². The molecule has 0 saturated carbocycles. The predicted molar refractivity (Wildman–Crippen MR) is 124 cm³/mol. The van der Waals surface area contributed by atoms with Gasteiger partial charge in [0.05, 0.1) is 0 Å². The number of alkyl halides is 3. The van der Waals surface area contributed by atoms with Gasteiger partial charge in [-0.05, 0) is 67.6 Å². The average Bonchev–Trinajstić information content (AvgIpc) is 2.81. The lowest BCUT2D eigenvalue weighted by molar-refractivity contribution is -0.141. The first-order chi connectivity index (χ1) is 16.1. The van der Waals surface area contributed by atoms with E-state index in [1.165, 1.54) is 18.3 Å². The Morgan fingerprint density at radius 1 is 1.06 bits per heavy atom. The SMILES string of the molecule is CNC(=O)C(c1ccc(C)cc1)N(CCCc1ccc(C(F)(F)F)nc1)c1ccc(F)c(C)c1. The number of halogens is 4. The summed E-state index contributed by atoms with van der Waals surface area (Å²) in [6, 6.07) is 14.0. The Morgan fingerprint density at radius 2 is 1.76 bits per heavy atom. The maximum Gasteiger partial charge on any atom is 0.433 e. The van der Waals surface area contributed by atoms with E-state index in [0.29, 0.717) is 36.2 Å². The molecule has 1 aromatic heterocycles. The number of hydrogen-bond donors (Lipinski definition) is 1. The summed E-state index contributed by atoms with van der Waals surface area (Å²) in [5.74, 6) is -0.562. The van der Waals surface area contributed by atoms with Crippen LogP contribution in [0, 0.1) is 19.7 Å². The van der Waals surface area contributed by atoms with Gasteiger partial charge in [-0.2, -0.15) is 13.2 Å². The smallest absolute Gasteiger partial charge is 0.357 e. The normalized spacial score (nSPS) is 12.3. The van der Waals surface area contributed by atoms with Gasteiger partial charge in [-0.1, -0.05) is 35.9 Å². The molecule has 0 bridgehead atoms. The molecule has 34 heavy (non-hydrogen) atoms. The van der Waals surface area contributed by atoms with Gasteiger partial charge in [-0.15, -0.1) is 0 Å². The topological polar surface area (TPSA) is 45.2 Å². The van der Waals surface area contributed by atoms with Crippen molar-refractivity contribution in [3.05, 3.63) is 94.6 Å². The lowest BCUT2D eigenvalue weighted by atomic mass is 10.0. The van der Waals surface area contributed by atoms with Crippen LogP contribution in [0.3, 0.4) is 0 Å². The average molecular weight is 474 g/mol. The zero-order valence-electron chi connectivity index (χ0n) is 19.3. The molecular formula is C26H27F4N3O. The van der Waals surface area contributed by atoms with Crippen LogP contribution < -0.4 is 10.2 Å². The zero-order valence-corrected chi connectivity index (χ0v) is 19.3. The quantitative estimate of drug-likeness (QED) is 0.422. The Morgan fingerprint density at radius 3 is 2.32 bits per heavy atom. The summed E-state index contributed by atoms with van der Waals surface area (Å²) in [6.45, 7) is 4.03. The molecule has 1 amide bonds. The molecular weight excluding hydrogens is 446 g/mol. The lowest BCUT2D eigenvalue weighted by Gasteiger charge is -2.33. The highest BCUT2D eigenvalue weighted by molar-refractivity contribution is 5.86. The van der Waals surface area contributed by atoms with Crippen LogP contribution in [-0.2, 0) is 17.4 Å². The second kappa shape index (κ2) is 10.7. The third kappa shape index (κ3) is 6.12. The fourth-order valence-corrected chi connectivity index (χ4v) is 3.77. The second-order valence-electron chi connectivity index (χ2n) is 8.21. The van der Waals surface area contributed by atoms with Gasteiger partial charge < -0.3 is 10.2 Å². The number of likely N-dealkylation sites (N-methyl/N-ethyl adjacent to an activating group) is 1. The van der Waals surface area contributed by atoms with Gasteiger partial charge >= 0.3 is 6.18 Å². The van der Waals surface area contributed by atoms with Crippen LogP contribution in [0.1, 0.15) is 40.4 Å². The van der Waals surface area contributed by atoms with E-state index in [-0.39, 0.29) is 11.7 Å². The van der Waals surface area contributed by atoms with E-state index in [4.69, 9.17) is 0 Å². The van der Waals surface area contributed by atoms with Crippen LogP contribution in [0.25, 0.3) is 0 Å². The summed E-state index contributed by atoms with van der Waals surface area (Å²) in [4.78, 5) is 18.4. The van der Waals surface area contributed by atoms with Crippen molar-refractivity contribution in [1.82, 2.24) is 10.3 Å². The molecule has 0 radical (unpaired) electrons. The minimum atomic E-state index is -4.48. The molecule has 0 aliphatic heterocycles. The van der Waals surface area contributed by atoms with Crippen molar-refractivity contribution >= 4 is 11.6 Å². The largest absolute Gasteiger partial charge is 0.433 e. The molecule has 3 aromatic rings. The predicted octanol–water partition coefficient (Wildman–Crippen LogP) is 5.78. The first-order valence-corrected chi connectivity index (χ1v) is 10.9. The summed E-state index contributed by atoms with van der Waals surface area (Å²) in [5.41, 5.74) is 2.70. The number of rotatable bonds is 8. The Bertz CT molecular complexity index is 1110. The van der Waals surface area contributed by atoms with Gasteiger partial charge in [-0.3, -0.25) is 9.78 Å². The van der Waals surface area contributed by atoms with Gasteiger partial charge in [0.1, 0.15) is 17.6 Å². The van der Waals surface area contributed by atoms with Crippen LogP contribution in [0.15, 0.2) is 60.8 Å². The minimum Gasteiger partial charge on any atom is -0.357 e. The van der Waals surface area contributed by atoms with Gasteiger partial charge in [-0.25, -0.2) is 4.39 Å². The monoisotopic (exact) mass is 473 g/mol. The van der Waals surface area contributed by atoms with Crippen LogP contribution in [0.4, 0.5) is 23.2 Å². The molecule has 8 heteroatoms. The lowest BCUT2D eigenvalue weighted by Crippen LogP contribution is -2.40. The van der Waals surface area contributed by atoms with E-state index in [1.807, 2.05) is 36.1 Å². The Hall–Kier alpha value is -3.42. The number of nitrogens with zero attached hydrogens (tertiary/aromatic N) is 2. The molecule has 3 rings (SSSR count). The molecule has 1 atom stereocenters. The number of carbonyl (C=O) groups is 1. The highest BCUT2D eigenvalue weighted by atomic mass is 19.4. The van der Waals surface area contributed by atoms with Crippen LogP contribution in [0.2, 0.25) is 0 Å². The van der Waals surface area contributed by atoms with Crippen molar-refractivity contribution in [3.8, 4) is 0 Å². The molecule has 180 valence electrons. The fraction of sp³-hybridized carbons (Fsp3) is 0.308. The first kappa shape index (κ1) is 25.2. The summed E-state index contributed by atoms with van der Waals surface area (Å²) < 4.78 is 52.3. The molecule has 1 N–H and O–H groups in total. The number of aromatic nitrogens is 1. The third-order valence-corrected chi connectivity index (χ3v) is 5.65. The van der Waals surface area contributed by atoms with Crippen molar-refractivity contribution in [3.63, 3.8) is 0 Å². The van der Waals surface area contributed by atoms with Crippen LogP contribution in [-0.4, -0.2) is 24.5 Å². The van der Waals surface area contributed by atoms with Gasteiger partial charge in [0, 0.05) is 25.5 Å². The molecule has 0 fully saturated rings. The second-order valence-corrected chi connectivity index (χ2v) is 8.21. The van der Waals surface area contributed by atoms with E-state index in [2.05, 4.69) is 10.3 Å². The Kier molecular flexibility index (Phi) is 7.91. The molecule has 1 unspecified atom stereocenters. The maximum atomic E-state index is 14.0. The Balaban J connectivity index is 1.89. The highest BCUT2D eigenvalue weighted by Gasteiger charge is 2.32. The van der Waals surface area contributed by atoms with Gasteiger partial charge in [0.2, 0.25) is 5.91 Å². The minimum absolute atomic E-state index is 0.220. The third-order valence-electron chi connectivity index (χ3n) is 5.65. The number of pyridine rings is 1. The number of nitrogens with one attached hydrogen (secondary N) is 1. The van der Waals surface area contributed by atoms with Crippen molar-refractivity contribution in [1.29, 1.82) is 0 Å². The summed E-state index contributed by atoms with van der Waals surface area (Å²) in [7, 11) is 1.56. The van der Waals surface area contributed by atoms with E-state index in [9.17, 15) is 22.4 Å². The standard InChI is InChI=1S/C26H27F4N3O/c1-17-6-9-20(10-7-17)24(25(34)31-3)33(21-11-12-22(27)18(2)15-21)14-4-5-19-8-13-23(32-16-19)26(28,29)30/h6-13,15-16,24H,4-5,14H2,1-3H3,(H,31,34). The van der Waals surface area contributed by atoms with Crippen molar-refractivity contribution in [2.45, 2.75) is 38.9 Å². The van der Waals surface area contributed by atoms with Crippen molar-refractivity contribution in [2.24, 2.45) is 0 Å². The number of amides is 1. The van der Waals surface area contributed by atoms with E-state index in [1.54, 1.807) is 26.1 Å². The fourth-order valence-electron chi connectivity index (χ4n) is 3.77. The molecule has 1 heterocycles. The van der Waals surface area contributed by atoms with Gasteiger partial charge in [0.15, 0.2) is 0 Å². The molecule has 0 aliphatic carbocycles. The maximum absolute atomic E-state index is 14.0. The number of anilines is 1. The van der Waals surface area contributed by atoms with E-state index in [0.717, 1.165) is 17.2 Å². The zero-order chi connectivity index (χ0) is 24.9. The van der Waals surface area contributed by atoms with Crippen LogP contribution >= 0.6 is 0 Å². The van der Waals surface area contributed by atoms with E-state index < -0.39 is 17.9 Å². The molecule has 0 saturated heterocycles. The number of hydrogen-bond acceptors (Lipinski definition) is 3. The van der Waals surface area contributed by atoms with Crippen molar-refractivity contribution < 1.29 is 22.4 Å². The molecule has 0 spiro atoms. The summed E-state index contributed by atoms with van der Waals surface area (Å²) in [6.07, 6.45) is -2.24. The Labute approximate surface area is 196 Å². The number of benzene rings is 2. The van der Waals surface area contributed by atoms with Gasteiger partial charge in [0.25, 0.3) is 0 Å². The molecule has 2 aromatic carbocycles. The first-order valence-electron chi connectivity index (χ1n) is 10.9. The van der Waals surface area contributed by atoms with Crippen LogP contribution in [0.5, 0.6) is 0 Å². The molecule has 0 aliphatic rings. The van der Waals surface area contributed by atoms with E-state index >= 15 is 0 Å². The number of carbonyl (C=O) groups excluding carboxylic acids is 1. The number of aryl methyl sites for hydroxylation is 3. The highest BCUT2D eigenvalue weighted by Crippen LogP contribution is 2.30. The molecule has 4 nitrogen and oxygen atoms in total. The summed E-state index contributed by atoms with van der Waals surface area (Å²) in [5, 5.41) is 2.71.